The second-order valence-electron chi connectivity index (χ2n) is 11.4. The summed E-state index contributed by atoms with van der Waals surface area (Å²) in [7, 11) is 0. The molecule has 1 nitrogen and oxygen atoms in total. The summed E-state index contributed by atoms with van der Waals surface area (Å²) in [5.74, 6) is 0. The molecule has 1 N–H and O–H groups in total. The molecule has 8 aromatic carbocycles. The molecule has 0 unspecified atom stereocenters. The molecule has 0 saturated heterocycles. The van der Waals surface area contributed by atoms with Gasteiger partial charge in [-0.3, -0.25) is 0 Å². The average molecular weight is 534 g/mol. The first kappa shape index (κ1) is 23.3. The third-order valence-corrected chi connectivity index (χ3v) is 9.28. The summed E-state index contributed by atoms with van der Waals surface area (Å²) in [6.07, 6.45) is 0. The summed E-state index contributed by atoms with van der Waals surface area (Å²) in [6.45, 7) is 0. The minimum Gasteiger partial charge on any atom is -0.355 e. The van der Waals surface area contributed by atoms with Crippen molar-refractivity contribution in [3.05, 3.63) is 180 Å². The molecule has 0 fully saturated rings. The fourth-order valence-electron chi connectivity index (χ4n) is 7.52. The second kappa shape index (κ2) is 8.80. The maximum Gasteiger partial charge on any atom is 0.0713 e. The van der Waals surface area contributed by atoms with E-state index in [9.17, 15) is 0 Å². The highest BCUT2D eigenvalue weighted by molar-refractivity contribution is 6.25. The van der Waals surface area contributed by atoms with Gasteiger partial charge in [0.15, 0.2) is 0 Å². The number of hydrogen-bond donors (Lipinski definition) is 1. The van der Waals surface area contributed by atoms with Gasteiger partial charge >= 0.3 is 0 Å². The van der Waals surface area contributed by atoms with Gasteiger partial charge in [0.1, 0.15) is 0 Å². The van der Waals surface area contributed by atoms with E-state index in [0.717, 1.165) is 11.4 Å². The fourth-order valence-corrected chi connectivity index (χ4v) is 7.52. The smallest absolute Gasteiger partial charge is 0.0713 e. The van der Waals surface area contributed by atoms with E-state index in [4.69, 9.17) is 0 Å². The Balaban J connectivity index is 1.19. The number of nitrogens with one attached hydrogen (secondary N) is 1. The zero-order valence-electron chi connectivity index (χ0n) is 23.0. The molecule has 1 heteroatoms. The van der Waals surface area contributed by atoms with E-state index in [1.54, 1.807) is 0 Å². The summed E-state index contributed by atoms with van der Waals surface area (Å²) in [5.41, 5.74) is 9.69. The van der Waals surface area contributed by atoms with Gasteiger partial charge in [-0.05, 0) is 78.5 Å². The highest BCUT2D eigenvalue weighted by Crippen LogP contribution is 2.56. The minimum absolute atomic E-state index is 0.375. The molecule has 1 aliphatic rings. The van der Waals surface area contributed by atoms with E-state index in [0.29, 0.717) is 0 Å². The van der Waals surface area contributed by atoms with Crippen LogP contribution >= 0.6 is 0 Å². The zero-order valence-corrected chi connectivity index (χ0v) is 23.0. The van der Waals surface area contributed by atoms with Gasteiger partial charge in [-0.25, -0.2) is 0 Å². The van der Waals surface area contributed by atoms with Crippen LogP contribution in [0.1, 0.15) is 22.3 Å². The van der Waals surface area contributed by atoms with E-state index in [-0.39, 0.29) is 5.41 Å². The minimum atomic E-state index is -0.375. The quantitative estimate of drug-likeness (QED) is 0.222. The molecular weight excluding hydrogens is 506 g/mol. The highest BCUT2D eigenvalue weighted by atomic mass is 14.9. The molecule has 0 aliphatic heterocycles. The van der Waals surface area contributed by atoms with E-state index >= 15 is 0 Å². The molecule has 8 aromatic rings. The molecule has 0 atom stereocenters. The number of rotatable bonds is 4. The molecule has 1 aliphatic carbocycles. The summed E-state index contributed by atoms with van der Waals surface area (Å²) in [5, 5.41) is 11.5. The molecule has 9 rings (SSSR count). The Morgan fingerprint density at radius 3 is 1.62 bits per heavy atom. The van der Waals surface area contributed by atoms with Gasteiger partial charge in [-0.2, -0.15) is 0 Å². The Hall–Kier alpha value is -5.40. The van der Waals surface area contributed by atoms with Crippen LogP contribution in [-0.2, 0) is 5.41 Å². The lowest BCUT2D eigenvalue weighted by Crippen LogP contribution is -2.28. The third kappa shape index (κ3) is 3.14. The van der Waals surface area contributed by atoms with Crippen LogP contribution < -0.4 is 5.32 Å². The van der Waals surface area contributed by atoms with Gasteiger partial charge in [-0.1, -0.05) is 140 Å². The molecular formula is C41H27N. The summed E-state index contributed by atoms with van der Waals surface area (Å²) >= 11 is 0. The molecule has 0 amide bonds. The Morgan fingerprint density at radius 1 is 0.381 bits per heavy atom. The first-order valence-corrected chi connectivity index (χ1v) is 14.6. The van der Waals surface area contributed by atoms with E-state index in [1.165, 1.54) is 65.7 Å². The van der Waals surface area contributed by atoms with Crippen LogP contribution in [0.2, 0.25) is 0 Å². The van der Waals surface area contributed by atoms with Crippen molar-refractivity contribution in [1.29, 1.82) is 0 Å². The lowest BCUT2D eigenvalue weighted by atomic mass is 9.68. The summed E-state index contributed by atoms with van der Waals surface area (Å²) in [4.78, 5) is 0. The van der Waals surface area contributed by atoms with Crippen LogP contribution in [0, 0.1) is 0 Å². The summed E-state index contributed by atoms with van der Waals surface area (Å²) < 4.78 is 0. The maximum absolute atomic E-state index is 3.77. The van der Waals surface area contributed by atoms with Crippen molar-refractivity contribution in [3.8, 4) is 11.1 Å². The van der Waals surface area contributed by atoms with Crippen molar-refractivity contribution in [2.45, 2.75) is 5.41 Å². The van der Waals surface area contributed by atoms with Crippen molar-refractivity contribution >= 4 is 43.7 Å². The van der Waals surface area contributed by atoms with Crippen molar-refractivity contribution < 1.29 is 0 Å². The van der Waals surface area contributed by atoms with Crippen LogP contribution in [0.25, 0.3) is 43.4 Å². The number of fused-ring (bicyclic) bond motifs is 3. The van der Waals surface area contributed by atoms with Crippen molar-refractivity contribution in [3.63, 3.8) is 0 Å². The molecule has 42 heavy (non-hydrogen) atoms. The van der Waals surface area contributed by atoms with Crippen LogP contribution in [0.3, 0.4) is 0 Å². The predicted molar refractivity (Wildman–Crippen MR) is 177 cm³/mol. The summed E-state index contributed by atoms with van der Waals surface area (Å²) in [6, 6.07) is 57.9. The average Bonchev–Trinajstić information content (AvgIpc) is 3.36. The van der Waals surface area contributed by atoms with E-state index in [1.807, 2.05) is 0 Å². The second-order valence-corrected chi connectivity index (χ2v) is 11.4. The highest BCUT2D eigenvalue weighted by Gasteiger charge is 2.45. The lowest BCUT2D eigenvalue weighted by molar-refractivity contribution is 0.768. The molecule has 0 radical (unpaired) electrons. The van der Waals surface area contributed by atoms with Gasteiger partial charge in [0.05, 0.1) is 5.41 Å². The van der Waals surface area contributed by atoms with Crippen molar-refractivity contribution in [1.82, 2.24) is 0 Å². The molecule has 0 saturated carbocycles. The van der Waals surface area contributed by atoms with Crippen molar-refractivity contribution in [2.24, 2.45) is 0 Å². The van der Waals surface area contributed by atoms with Crippen LogP contribution in [0.15, 0.2) is 158 Å². The molecule has 0 bridgehead atoms. The monoisotopic (exact) mass is 533 g/mol. The lowest BCUT2D eigenvalue weighted by Gasteiger charge is -2.34. The Kier molecular flexibility index (Phi) is 4.88. The van der Waals surface area contributed by atoms with Crippen LogP contribution in [0.5, 0.6) is 0 Å². The third-order valence-electron chi connectivity index (χ3n) is 9.28. The SMILES string of the molecule is c1ccc(C2(c3ccc(Nc4ccc5ccc6cccc7ccc4c5c67)cc3)c3ccccc3-c3ccccc32)cc1. The predicted octanol–water partition coefficient (Wildman–Crippen LogP) is 10.7. The van der Waals surface area contributed by atoms with Gasteiger partial charge in [0.25, 0.3) is 0 Å². The fraction of sp³-hybridized carbons (Fsp3) is 0.0244. The van der Waals surface area contributed by atoms with E-state index in [2.05, 4.69) is 163 Å². The van der Waals surface area contributed by atoms with Gasteiger partial charge in [0.2, 0.25) is 0 Å². The van der Waals surface area contributed by atoms with Gasteiger partial charge in [-0.15, -0.1) is 0 Å². The molecule has 0 spiro atoms. The van der Waals surface area contributed by atoms with Gasteiger partial charge < -0.3 is 5.32 Å². The topological polar surface area (TPSA) is 12.0 Å². The number of anilines is 2. The molecule has 0 heterocycles. The van der Waals surface area contributed by atoms with E-state index < -0.39 is 0 Å². The van der Waals surface area contributed by atoms with Gasteiger partial charge in [0, 0.05) is 16.8 Å². The van der Waals surface area contributed by atoms with Crippen LogP contribution in [0.4, 0.5) is 11.4 Å². The van der Waals surface area contributed by atoms with Crippen LogP contribution in [-0.4, -0.2) is 0 Å². The Labute approximate surface area is 245 Å². The normalized spacial score (nSPS) is 13.4. The Bertz CT molecular complexity index is 2200. The first-order valence-electron chi connectivity index (χ1n) is 14.6. The zero-order chi connectivity index (χ0) is 27.7. The maximum atomic E-state index is 3.77. The van der Waals surface area contributed by atoms with Crippen molar-refractivity contribution in [2.75, 3.05) is 5.32 Å². The molecule has 196 valence electrons. The standard InChI is InChI=1S/C41H27N/c1-2-11-30(12-3-1)41(36-15-6-4-13-33(36)34-14-5-7-16-37(34)41)31-21-23-32(24-22-31)42-38-26-20-29-18-17-27-9-8-10-28-19-25-35(38)40(29)39(27)28/h1-26,42H. The largest absolute Gasteiger partial charge is 0.355 e. The Morgan fingerprint density at radius 2 is 0.929 bits per heavy atom. The molecule has 0 aromatic heterocycles. The number of benzene rings is 8. The number of hydrogen-bond acceptors (Lipinski definition) is 1. The first-order chi connectivity index (χ1) is 20.8.